The van der Waals surface area contributed by atoms with E-state index >= 15 is 0 Å². The standard InChI is InChI=1S/C19H15N3OS/c1-20-19-22(15-5-3-2-4-6-15)18(23)17(24-19)12-13-7-8-16-14(11-13)9-10-21-16/h2-12,21H,1H3/b17-12-,20-19-. The lowest BCUT2D eigenvalue weighted by Gasteiger charge is -2.14. The number of nitrogens with zero attached hydrogens (tertiary/aromatic N) is 2. The number of H-pyrrole nitrogens is 1. The number of benzene rings is 2. The molecule has 0 bridgehead atoms. The van der Waals surface area contributed by atoms with Crippen molar-refractivity contribution >= 4 is 45.5 Å². The molecule has 1 fully saturated rings. The van der Waals surface area contributed by atoms with E-state index in [1.807, 2.05) is 60.8 Å². The van der Waals surface area contributed by atoms with Gasteiger partial charge >= 0.3 is 0 Å². The monoisotopic (exact) mass is 333 g/mol. The number of aromatic nitrogens is 1. The summed E-state index contributed by atoms with van der Waals surface area (Å²) in [6.45, 7) is 0. The highest BCUT2D eigenvalue weighted by Gasteiger charge is 2.34. The molecule has 0 aliphatic carbocycles. The largest absolute Gasteiger partial charge is 0.361 e. The van der Waals surface area contributed by atoms with E-state index in [1.54, 1.807) is 11.9 Å². The summed E-state index contributed by atoms with van der Waals surface area (Å²) in [5.74, 6) is -0.0408. The molecule has 1 aromatic heterocycles. The predicted octanol–water partition coefficient (Wildman–Crippen LogP) is 4.27. The fraction of sp³-hybridized carbons (Fsp3) is 0.0526. The number of thioether (sulfide) groups is 1. The van der Waals surface area contributed by atoms with Gasteiger partial charge in [-0.3, -0.25) is 14.7 Å². The highest BCUT2D eigenvalue weighted by Crippen LogP contribution is 2.35. The van der Waals surface area contributed by atoms with E-state index < -0.39 is 0 Å². The zero-order valence-corrected chi connectivity index (χ0v) is 13.9. The second-order valence-corrected chi connectivity index (χ2v) is 6.43. The minimum Gasteiger partial charge on any atom is -0.361 e. The van der Waals surface area contributed by atoms with Gasteiger partial charge < -0.3 is 4.98 Å². The molecule has 24 heavy (non-hydrogen) atoms. The van der Waals surface area contributed by atoms with Crippen molar-refractivity contribution in [3.05, 3.63) is 71.3 Å². The fourth-order valence-electron chi connectivity index (χ4n) is 2.74. The average molecular weight is 333 g/mol. The third kappa shape index (κ3) is 2.53. The summed E-state index contributed by atoms with van der Waals surface area (Å²) in [4.78, 5) is 22.6. The minimum absolute atomic E-state index is 0.0408. The average Bonchev–Trinajstić information content (AvgIpc) is 3.20. The zero-order chi connectivity index (χ0) is 16.5. The first-order valence-corrected chi connectivity index (χ1v) is 8.41. The fourth-order valence-corrected chi connectivity index (χ4v) is 3.68. The van der Waals surface area contributed by atoms with E-state index in [1.165, 1.54) is 11.8 Å². The summed E-state index contributed by atoms with van der Waals surface area (Å²) in [5.41, 5.74) is 2.92. The lowest BCUT2D eigenvalue weighted by atomic mass is 10.1. The molecule has 0 atom stereocenters. The molecule has 3 aromatic rings. The van der Waals surface area contributed by atoms with Crippen LogP contribution in [0.25, 0.3) is 17.0 Å². The number of aliphatic imine (C=N–C) groups is 1. The molecular weight excluding hydrogens is 318 g/mol. The number of carbonyl (C=O) groups excluding carboxylic acids is 1. The molecule has 0 saturated carbocycles. The summed E-state index contributed by atoms with van der Waals surface area (Å²) < 4.78 is 0. The minimum atomic E-state index is -0.0408. The first kappa shape index (κ1) is 14.8. The predicted molar refractivity (Wildman–Crippen MR) is 101 cm³/mol. The smallest absolute Gasteiger partial charge is 0.271 e. The van der Waals surface area contributed by atoms with Crippen LogP contribution in [0.4, 0.5) is 5.69 Å². The molecular formula is C19H15N3OS. The number of rotatable bonds is 2. The van der Waals surface area contributed by atoms with Crippen LogP contribution in [0.5, 0.6) is 0 Å². The number of amides is 1. The second-order valence-electron chi connectivity index (χ2n) is 5.42. The molecule has 0 spiro atoms. The lowest BCUT2D eigenvalue weighted by Crippen LogP contribution is -2.28. The van der Waals surface area contributed by atoms with Crippen molar-refractivity contribution in [2.24, 2.45) is 4.99 Å². The molecule has 4 rings (SSSR count). The normalized spacial score (nSPS) is 18.2. The van der Waals surface area contributed by atoms with Crippen LogP contribution in [0.15, 0.2) is 70.7 Å². The number of hydrogen-bond acceptors (Lipinski definition) is 3. The third-order valence-corrected chi connectivity index (χ3v) is 4.95. The maximum absolute atomic E-state index is 12.8. The topological polar surface area (TPSA) is 48.5 Å². The summed E-state index contributed by atoms with van der Waals surface area (Å²) >= 11 is 1.40. The van der Waals surface area contributed by atoms with Crippen LogP contribution in [-0.2, 0) is 4.79 Å². The summed E-state index contributed by atoms with van der Waals surface area (Å²) in [7, 11) is 1.71. The van der Waals surface area contributed by atoms with Crippen LogP contribution in [0, 0.1) is 0 Å². The van der Waals surface area contributed by atoms with Crippen molar-refractivity contribution in [2.75, 3.05) is 11.9 Å². The number of aromatic amines is 1. The molecule has 0 unspecified atom stereocenters. The number of para-hydroxylation sites is 1. The Kier molecular flexibility index (Phi) is 3.70. The van der Waals surface area contributed by atoms with Crippen LogP contribution in [0.1, 0.15) is 5.56 Å². The van der Waals surface area contributed by atoms with Gasteiger partial charge in [-0.15, -0.1) is 0 Å². The Morgan fingerprint density at radius 1 is 1.12 bits per heavy atom. The number of fused-ring (bicyclic) bond motifs is 1. The molecule has 1 aliphatic rings. The van der Waals surface area contributed by atoms with Crippen LogP contribution in [-0.4, -0.2) is 23.1 Å². The van der Waals surface area contributed by atoms with E-state index in [2.05, 4.69) is 16.0 Å². The molecule has 1 aliphatic heterocycles. The first-order valence-electron chi connectivity index (χ1n) is 7.59. The number of nitrogens with one attached hydrogen (secondary N) is 1. The zero-order valence-electron chi connectivity index (χ0n) is 13.1. The Hall–Kier alpha value is -2.79. The molecule has 5 heteroatoms. The molecule has 118 valence electrons. The van der Waals surface area contributed by atoms with Crippen molar-refractivity contribution < 1.29 is 4.79 Å². The van der Waals surface area contributed by atoms with E-state index in [-0.39, 0.29) is 5.91 Å². The van der Waals surface area contributed by atoms with E-state index in [9.17, 15) is 4.79 Å². The Morgan fingerprint density at radius 3 is 2.75 bits per heavy atom. The maximum atomic E-state index is 12.8. The number of hydrogen-bond donors (Lipinski definition) is 1. The van der Waals surface area contributed by atoms with E-state index in [4.69, 9.17) is 0 Å². The highest BCUT2D eigenvalue weighted by molar-refractivity contribution is 8.19. The Balaban J connectivity index is 1.72. The summed E-state index contributed by atoms with van der Waals surface area (Å²) in [6.07, 6.45) is 3.84. The van der Waals surface area contributed by atoms with Gasteiger partial charge in [0.15, 0.2) is 5.17 Å². The van der Waals surface area contributed by atoms with Gasteiger partial charge in [0, 0.05) is 18.8 Å². The van der Waals surface area contributed by atoms with Crippen molar-refractivity contribution in [1.82, 2.24) is 4.98 Å². The number of anilines is 1. The number of amidine groups is 1. The quantitative estimate of drug-likeness (QED) is 0.712. The van der Waals surface area contributed by atoms with Gasteiger partial charge in [0.2, 0.25) is 0 Å². The molecule has 1 amide bonds. The van der Waals surface area contributed by atoms with Crippen molar-refractivity contribution in [1.29, 1.82) is 0 Å². The molecule has 1 N–H and O–H groups in total. The summed E-state index contributed by atoms with van der Waals surface area (Å²) in [6, 6.07) is 17.7. The van der Waals surface area contributed by atoms with Crippen LogP contribution < -0.4 is 4.90 Å². The van der Waals surface area contributed by atoms with Crippen molar-refractivity contribution in [3.8, 4) is 0 Å². The highest BCUT2D eigenvalue weighted by atomic mass is 32.2. The van der Waals surface area contributed by atoms with Gasteiger partial charge in [0.05, 0.1) is 10.6 Å². The lowest BCUT2D eigenvalue weighted by molar-refractivity contribution is -0.113. The van der Waals surface area contributed by atoms with Crippen LogP contribution >= 0.6 is 11.8 Å². The Morgan fingerprint density at radius 2 is 1.96 bits per heavy atom. The molecule has 0 radical (unpaired) electrons. The Labute approximate surface area is 143 Å². The molecule has 4 nitrogen and oxygen atoms in total. The first-order chi connectivity index (χ1) is 11.8. The maximum Gasteiger partial charge on any atom is 0.271 e. The van der Waals surface area contributed by atoms with Gasteiger partial charge in [-0.25, -0.2) is 0 Å². The van der Waals surface area contributed by atoms with E-state index in [0.29, 0.717) is 10.1 Å². The molecule has 2 heterocycles. The van der Waals surface area contributed by atoms with Crippen molar-refractivity contribution in [3.63, 3.8) is 0 Å². The van der Waals surface area contributed by atoms with Crippen molar-refractivity contribution in [2.45, 2.75) is 0 Å². The van der Waals surface area contributed by atoms with Crippen LogP contribution in [0.3, 0.4) is 0 Å². The van der Waals surface area contributed by atoms with Gasteiger partial charge in [-0.1, -0.05) is 24.3 Å². The second kappa shape index (κ2) is 6.02. The molecule has 2 aromatic carbocycles. The third-order valence-electron chi connectivity index (χ3n) is 3.89. The van der Waals surface area contributed by atoms with Gasteiger partial charge in [-0.2, -0.15) is 0 Å². The SMILES string of the molecule is C/N=C1\S/C(=C\c2ccc3[nH]ccc3c2)C(=O)N1c1ccccc1. The molecule has 1 saturated heterocycles. The van der Waals surface area contributed by atoms with Crippen LogP contribution in [0.2, 0.25) is 0 Å². The Bertz CT molecular complexity index is 972. The van der Waals surface area contributed by atoms with Gasteiger partial charge in [-0.05, 0) is 59.1 Å². The number of carbonyl (C=O) groups is 1. The summed E-state index contributed by atoms with van der Waals surface area (Å²) in [5, 5.41) is 1.82. The van der Waals surface area contributed by atoms with Gasteiger partial charge in [0.25, 0.3) is 5.91 Å². The van der Waals surface area contributed by atoms with Gasteiger partial charge in [0.1, 0.15) is 0 Å². The van der Waals surface area contributed by atoms with E-state index in [0.717, 1.165) is 22.2 Å².